The minimum absolute atomic E-state index is 0.423. The normalized spacial score (nSPS) is 15.9. The molecule has 0 amide bonds. The maximum Gasteiger partial charge on any atom is 0.576 e. The molecule has 2 rings (SSSR count). The van der Waals surface area contributed by atoms with Gasteiger partial charge in [-0.15, -0.1) is 7.49 Å². The van der Waals surface area contributed by atoms with Gasteiger partial charge in [-0.3, -0.25) is 0 Å². The summed E-state index contributed by atoms with van der Waals surface area (Å²) in [4.78, 5) is 0.847. The van der Waals surface area contributed by atoms with Gasteiger partial charge in [0, 0.05) is 0 Å². The van der Waals surface area contributed by atoms with Gasteiger partial charge in [0.05, 0.1) is 16.0 Å². The Balaban J connectivity index is 2.74. The maximum absolute atomic E-state index is 12.8. The number of hydrogen-bond donors (Lipinski definition) is 1. The van der Waals surface area contributed by atoms with Crippen molar-refractivity contribution in [3.05, 3.63) is 60.7 Å². The molecule has 1 N–H and O–H groups in total. The summed E-state index contributed by atoms with van der Waals surface area (Å²) in [5, 5.41) is 0. The first kappa shape index (κ1) is 16.9. The van der Waals surface area contributed by atoms with Gasteiger partial charge in [-0.05, 0) is 24.3 Å². The molecule has 2 aromatic rings. The zero-order valence-corrected chi connectivity index (χ0v) is 13.1. The summed E-state index contributed by atoms with van der Waals surface area (Å²) < 4.78 is 64.0. The zero-order chi connectivity index (χ0) is 16.4. The van der Waals surface area contributed by atoms with Crippen molar-refractivity contribution in [2.75, 3.05) is 6.26 Å². The van der Waals surface area contributed by atoms with E-state index in [4.69, 9.17) is 3.29 Å². The first-order valence-corrected chi connectivity index (χ1v) is 9.50. The molecular formula is C14H14F3O3S2+. The SMILES string of the molecule is CS([O+]=S(=O)(O)C(F)(F)F)(c1ccccc1)c1ccccc1. The molecule has 0 bridgehead atoms. The third kappa shape index (κ3) is 3.29. The van der Waals surface area contributed by atoms with E-state index in [-0.39, 0.29) is 0 Å². The van der Waals surface area contributed by atoms with Crippen molar-refractivity contribution in [1.29, 1.82) is 0 Å². The molecule has 0 aliphatic rings. The highest BCUT2D eigenvalue weighted by atomic mass is 32.3. The Labute approximate surface area is 128 Å². The van der Waals surface area contributed by atoms with Crippen molar-refractivity contribution in [1.82, 2.24) is 0 Å². The molecule has 0 aliphatic heterocycles. The van der Waals surface area contributed by atoms with Crippen LogP contribution < -0.4 is 0 Å². The first-order valence-electron chi connectivity index (χ1n) is 6.09. The van der Waals surface area contributed by atoms with Crippen LogP contribution in [-0.2, 0) is 13.4 Å². The van der Waals surface area contributed by atoms with E-state index in [2.05, 4.69) is 0 Å². The number of alkyl halides is 3. The molecule has 0 heterocycles. The largest absolute Gasteiger partial charge is 0.576 e. The average molecular weight is 351 g/mol. The molecule has 1 unspecified atom stereocenters. The molecule has 0 spiro atoms. The molecule has 22 heavy (non-hydrogen) atoms. The van der Waals surface area contributed by atoms with Gasteiger partial charge in [-0.25, -0.2) is 4.55 Å². The summed E-state index contributed by atoms with van der Waals surface area (Å²) in [6, 6.07) is 16.3. The smallest absolute Gasteiger partial charge is 0.238 e. The standard InChI is InChI=1S/C14H13F3O3S2/c1-21(12-8-4-2-5-9-12,13-10-6-3-7-11-13)20-22(18,19)14(15,16)17/h2-11H,1H3/p+1. The average Bonchev–Trinajstić information content (AvgIpc) is 2.47. The molecule has 0 saturated heterocycles. The van der Waals surface area contributed by atoms with E-state index in [1.165, 1.54) is 6.26 Å². The van der Waals surface area contributed by atoms with Crippen LogP contribution in [0.4, 0.5) is 13.2 Å². The van der Waals surface area contributed by atoms with Crippen LogP contribution in [0.25, 0.3) is 0 Å². The van der Waals surface area contributed by atoms with Crippen LogP contribution in [0.5, 0.6) is 0 Å². The van der Waals surface area contributed by atoms with Crippen LogP contribution >= 0.6 is 10.3 Å². The van der Waals surface area contributed by atoms with Crippen molar-refractivity contribution in [3.8, 4) is 0 Å². The van der Waals surface area contributed by atoms with Gasteiger partial charge in [-0.1, -0.05) is 36.4 Å². The van der Waals surface area contributed by atoms with Crippen LogP contribution in [0.3, 0.4) is 0 Å². The number of hydrogen-bond acceptors (Lipinski definition) is 1. The van der Waals surface area contributed by atoms with Gasteiger partial charge in [0.2, 0.25) is 0 Å². The molecule has 2 aromatic carbocycles. The second kappa shape index (κ2) is 5.94. The topological polar surface area (TPSA) is 48.6 Å². The molecule has 0 aliphatic carbocycles. The Kier molecular flexibility index (Phi) is 4.55. The summed E-state index contributed by atoms with van der Waals surface area (Å²) >= 11 is 0. The molecule has 1 atom stereocenters. The second-order valence-corrected chi connectivity index (χ2v) is 9.05. The Morgan fingerprint density at radius 2 is 1.27 bits per heavy atom. The molecule has 0 saturated carbocycles. The van der Waals surface area contributed by atoms with Gasteiger partial charge >= 0.3 is 15.6 Å². The van der Waals surface area contributed by atoms with E-state index < -0.39 is 25.9 Å². The predicted molar refractivity (Wildman–Crippen MR) is 80.4 cm³/mol. The summed E-state index contributed by atoms with van der Waals surface area (Å²) in [5.74, 6) is 0. The fraction of sp³-hybridized carbons (Fsp3) is 0.143. The van der Waals surface area contributed by atoms with E-state index >= 15 is 0 Å². The Hall–Kier alpha value is -1.51. The molecule has 8 heteroatoms. The Morgan fingerprint density at radius 3 is 1.59 bits per heavy atom. The molecule has 0 radical (unpaired) electrons. The van der Waals surface area contributed by atoms with E-state index in [1.54, 1.807) is 60.7 Å². The van der Waals surface area contributed by atoms with Crippen LogP contribution in [0.1, 0.15) is 0 Å². The lowest BCUT2D eigenvalue weighted by molar-refractivity contribution is -0.0541. The Morgan fingerprint density at radius 1 is 0.909 bits per heavy atom. The lowest BCUT2D eigenvalue weighted by Crippen LogP contribution is -2.24. The maximum atomic E-state index is 12.8. The molecular weight excluding hydrogens is 337 g/mol. The van der Waals surface area contributed by atoms with Gasteiger partial charge in [0.25, 0.3) is 0 Å². The quantitative estimate of drug-likeness (QED) is 0.499. The minimum atomic E-state index is -5.46. The lowest BCUT2D eigenvalue weighted by Gasteiger charge is -2.20. The zero-order valence-electron chi connectivity index (χ0n) is 11.5. The van der Waals surface area contributed by atoms with Crippen molar-refractivity contribution in [2.24, 2.45) is 0 Å². The first-order chi connectivity index (χ1) is 10.2. The van der Waals surface area contributed by atoms with Crippen molar-refractivity contribution in [2.45, 2.75) is 15.3 Å². The van der Waals surface area contributed by atoms with E-state index in [0.717, 1.165) is 0 Å². The highest BCUT2D eigenvalue weighted by Crippen LogP contribution is 2.59. The van der Waals surface area contributed by atoms with Gasteiger partial charge < -0.3 is 0 Å². The summed E-state index contributed by atoms with van der Waals surface area (Å²) in [5.41, 5.74) is -5.36. The monoisotopic (exact) mass is 351 g/mol. The highest BCUT2D eigenvalue weighted by molar-refractivity contribution is 8.30. The fourth-order valence-corrected chi connectivity index (χ4v) is 5.84. The van der Waals surface area contributed by atoms with Crippen LogP contribution in [0.2, 0.25) is 0 Å². The van der Waals surface area contributed by atoms with Crippen LogP contribution in [0, 0.1) is 0 Å². The summed E-state index contributed by atoms with van der Waals surface area (Å²) in [7, 11) is -8.25. The van der Waals surface area contributed by atoms with Crippen LogP contribution in [-0.4, -0.2) is 20.5 Å². The molecule has 0 aromatic heterocycles. The summed E-state index contributed by atoms with van der Waals surface area (Å²) in [6.07, 6.45) is 1.42. The molecule has 0 fully saturated rings. The number of rotatable bonds is 3. The second-order valence-electron chi connectivity index (χ2n) is 4.46. The Bertz CT molecular complexity index is 712. The molecule has 120 valence electrons. The van der Waals surface area contributed by atoms with Crippen molar-refractivity contribution >= 4 is 20.4 Å². The van der Waals surface area contributed by atoms with Crippen LogP contribution in [0.15, 0.2) is 70.5 Å². The van der Waals surface area contributed by atoms with Crippen molar-refractivity contribution in [3.63, 3.8) is 0 Å². The molecule has 3 nitrogen and oxygen atoms in total. The van der Waals surface area contributed by atoms with Gasteiger partial charge in [-0.2, -0.15) is 13.2 Å². The highest BCUT2D eigenvalue weighted by Gasteiger charge is 2.56. The predicted octanol–water partition coefficient (Wildman–Crippen LogP) is 4.61. The van der Waals surface area contributed by atoms with Crippen molar-refractivity contribution < 1.29 is 25.2 Å². The fourth-order valence-electron chi connectivity index (χ4n) is 1.80. The number of halogens is 3. The van der Waals surface area contributed by atoms with E-state index in [1.807, 2.05) is 0 Å². The van der Waals surface area contributed by atoms with Gasteiger partial charge in [0.15, 0.2) is 10.3 Å². The number of benzene rings is 2. The van der Waals surface area contributed by atoms with E-state index in [9.17, 15) is 21.9 Å². The third-order valence-corrected chi connectivity index (χ3v) is 7.66. The summed E-state index contributed by atoms with van der Waals surface area (Å²) in [6.45, 7) is 0. The minimum Gasteiger partial charge on any atom is -0.238 e. The lowest BCUT2D eigenvalue weighted by atomic mass is 10.4. The third-order valence-electron chi connectivity index (χ3n) is 2.91. The van der Waals surface area contributed by atoms with E-state index in [0.29, 0.717) is 9.79 Å². The van der Waals surface area contributed by atoms with Gasteiger partial charge in [0.1, 0.15) is 0 Å².